The van der Waals surface area contributed by atoms with Crippen LogP contribution in [0.25, 0.3) is 74.0 Å². The van der Waals surface area contributed by atoms with Crippen LogP contribution in [0.3, 0.4) is 0 Å². The van der Waals surface area contributed by atoms with E-state index in [1.54, 1.807) is 11.3 Å². The third kappa shape index (κ3) is 4.51. The van der Waals surface area contributed by atoms with Gasteiger partial charge in [-0.25, -0.2) is 4.98 Å². The number of thiophene rings is 2. The quantitative estimate of drug-likeness (QED) is 0.186. The molecule has 0 amide bonds. The van der Waals surface area contributed by atoms with Crippen LogP contribution in [0.1, 0.15) is 0 Å². The molecule has 0 aliphatic rings. The van der Waals surface area contributed by atoms with Crippen molar-refractivity contribution in [2.45, 2.75) is 0 Å². The molecular weight excluding hydrogens is 625 g/mol. The first-order valence-electron chi connectivity index (χ1n) is 15.9. The summed E-state index contributed by atoms with van der Waals surface area (Å²) in [6, 6.07) is 56.3. The molecule has 0 saturated carbocycles. The lowest BCUT2D eigenvalue weighted by atomic mass is 10.0. The molecule has 0 radical (unpaired) electrons. The Hall–Kier alpha value is -5.75. The van der Waals surface area contributed by atoms with Crippen LogP contribution < -0.4 is 4.90 Å². The number of hydrogen-bond donors (Lipinski definition) is 0. The minimum Gasteiger partial charge on any atom is -0.436 e. The van der Waals surface area contributed by atoms with Crippen LogP contribution in [0.2, 0.25) is 0 Å². The first kappa shape index (κ1) is 27.4. The highest BCUT2D eigenvalue weighted by molar-refractivity contribution is 7.26. The number of hydrogen-bond acceptors (Lipinski definition) is 5. The van der Waals surface area contributed by atoms with Crippen molar-refractivity contribution in [2.75, 3.05) is 4.90 Å². The van der Waals surface area contributed by atoms with E-state index in [1.807, 2.05) is 41.7 Å². The molecule has 5 heteroatoms. The highest BCUT2D eigenvalue weighted by atomic mass is 32.1. The van der Waals surface area contributed by atoms with E-state index in [0.717, 1.165) is 33.7 Å². The summed E-state index contributed by atoms with van der Waals surface area (Å²) in [5.74, 6) is 0.647. The van der Waals surface area contributed by atoms with E-state index in [0.29, 0.717) is 5.89 Å². The molecule has 0 bridgehead atoms. The molecule has 0 fully saturated rings. The van der Waals surface area contributed by atoms with Crippen molar-refractivity contribution in [3.8, 4) is 22.6 Å². The van der Waals surface area contributed by atoms with E-state index in [9.17, 15) is 0 Å². The number of nitrogens with zero attached hydrogens (tertiary/aromatic N) is 2. The topological polar surface area (TPSA) is 29.3 Å². The fraction of sp³-hybridized carbons (Fsp3) is 0. The highest BCUT2D eigenvalue weighted by Crippen LogP contribution is 2.44. The van der Waals surface area contributed by atoms with Gasteiger partial charge in [-0.15, -0.1) is 22.7 Å². The third-order valence-corrected chi connectivity index (χ3v) is 11.4. The van der Waals surface area contributed by atoms with E-state index in [4.69, 9.17) is 9.40 Å². The summed E-state index contributed by atoms with van der Waals surface area (Å²) < 4.78 is 11.3. The van der Waals surface area contributed by atoms with Crippen LogP contribution in [-0.4, -0.2) is 4.98 Å². The molecule has 3 aromatic heterocycles. The van der Waals surface area contributed by atoms with Gasteiger partial charge in [0.15, 0.2) is 5.58 Å². The molecule has 10 rings (SSSR count). The maximum atomic E-state index is 6.30. The molecule has 0 atom stereocenters. The second-order valence-electron chi connectivity index (χ2n) is 12.0. The van der Waals surface area contributed by atoms with Gasteiger partial charge in [-0.3, -0.25) is 0 Å². The van der Waals surface area contributed by atoms with Gasteiger partial charge in [-0.05, 0) is 90.0 Å². The maximum Gasteiger partial charge on any atom is 0.227 e. The van der Waals surface area contributed by atoms with Crippen molar-refractivity contribution >= 4 is 91.2 Å². The Balaban J connectivity index is 1.17. The highest BCUT2D eigenvalue weighted by Gasteiger charge is 2.18. The second kappa shape index (κ2) is 10.9. The third-order valence-electron chi connectivity index (χ3n) is 9.07. The molecule has 48 heavy (non-hydrogen) atoms. The smallest absolute Gasteiger partial charge is 0.227 e. The molecule has 3 heterocycles. The zero-order chi connectivity index (χ0) is 31.6. The Morgan fingerprint density at radius 3 is 1.77 bits per heavy atom. The molecule has 0 unspecified atom stereocenters. The van der Waals surface area contributed by atoms with Gasteiger partial charge < -0.3 is 9.32 Å². The fourth-order valence-corrected chi connectivity index (χ4v) is 8.97. The zero-order valence-corrected chi connectivity index (χ0v) is 27.3. The Morgan fingerprint density at radius 1 is 0.417 bits per heavy atom. The summed E-state index contributed by atoms with van der Waals surface area (Å²) in [7, 11) is 0. The van der Waals surface area contributed by atoms with Crippen molar-refractivity contribution in [3.05, 3.63) is 158 Å². The van der Waals surface area contributed by atoms with Crippen molar-refractivity contribution in [1.82, 2.24) is 4.98 Å². The standard InChI is InChI=1S/C43H26N2OS2/c1-3-10-27(11-4-1)29-14-9-15-30(22-29)45(31-18-20-40-34(23-31)33-16-7-8-17-39(33)47-40)32-19-21-41-35(24-32)36-25-38-37(26-42(36)48-41)44-43(46-38)28-12-5-2-6-13-28/h1-26H. The molecule has 3 nitrogen and oxygen atoms in total. The summed E-state index contributed by atoms with van der Waals surface area (Å²) >= 11 is 3.65. The SMILES string of the molecule is c1ccc(-c2cccc(N(c3ccc4sc5ccccc5c4c3)c3ccc4sc5cc6nc(-c7ccccc7)oc6cc5c4c3)c2)cc1. The van der Waals surface area contributed by atoms with Gasteiger partial charge in [-0.2, -0.15) is 0 Å². The summed E-state index contributed by atoms with van der Waals surface area (Å²) in [5.41, 5.74) is 8.38. The summed E-state index contributed by atoms with van der Waals surface area (Å²) in [5, 5.41) is 4.96. The molecule has 10 aromatic rings. The fourth-order valence-electron chi connectivity index (χ4n) is 6.78. The molecule has 0 N–H and O–H groups in total. The van der Waals surface area contributed by atoms with Crippen molar-refractivity contribution in [1.29, 1.82) is 0 Å². The van der Waals surface area contributed by atoms with Crippen molar-refractivity contribution in [3.63, 3.8) is 0 Å². The minimum atomic E-state index is 0.647. The van der Waals surface area contributed by atoms with E-state index in [-0.39, 0.29) is 0 Å². The lowest BCUT2D eigenvalue weighted by molar-refractivity contribution is 0.620. The van der Waals surface area contributed by atoms with Crippen LogP contribution in [0.15, 0.2) is 162 Å². The Bertz CT molecular complexity index is 2790. The molecular formula is C43H26N2OS2. The number of benzene rings is 7. The Labute approximate surface area is 284 Å². The number of aromatic nitrogens is 1. The van der Waals surface area contributed by atoms with Crippen molar-refractivity contribution in [2.24, 2.45) is 0 Å². The first-order chi connectivity index (χ1) is 23.7. The number of oxazole rings is 1. The Kier molecular flexibility index (Phi) is 6.22. The van der Waals surface area contributed by atoms with E-state index in [1.165, 1.54) is 51.5 Å². The van der Waals surface area contributed by atoms with E-state index < -0.39 is 0 Å². The molecule has 0 saturated heterocycles. The monoisotopic (exact) mass is 650 g/mol. The molecule has 7 aromatic carbocycles. The number of rotatable bonds is 5. The van der Waals surface area contributed by atoms with Crippen molar-refractivity contribution < 1.29 is 4.42 Å². The maximum absolute atomic E-state index is 6.30. The largest absolute Gasteiger partial charge is 0.436 e. The average molecular weight is 651 g/mol. The number of anilines is 3. The van der Waals surface area contributed by atoms with Gasteiger partial charge in [0, 0.05) is 63.0 Å². The predicted octanol–water partition coefficient (Wildman–Crippen LogP) is 13.4. The summed E-state index contributed by atoms with van der Waals surface area (Å²) in [4.78, 5) is 7.23. The van der Waals surface area contributed by atoms with E-state index >= 15 is 0 Å². The normalized spacial score (nSPS) is 11.8. The predicted molar refractivity (Wildman–Crippen MR) is 205 cm³/mol. The van der Waals surface area contributed by atoms with Gasteiger partial charge in [-0.1, -0.05) is 78.9 Å². The van der Waals surface area contributed by atoms with Crippen LogP contribution in [0.4, 0.5) is 17.1 Å². The van der Waals surface area contributed by atoms with Gasteiger partial charge in [0.25, 0.3) is 0 Å². The molecule has 0 spiro atoms. The van der Waals surface area contributed by atoms with Crippen LogP contribution in [-0.2, 0) is 0 Å². The lowest BCUT2D eigenvalue weighted by Crippen LogP contribution is -2.09. The number of fused-ring (bicyclic) bond motifs is 7. The van der Waals surface area contributed by atoms with Gasteiger partial charge in [0.05, 0.1) is 0 Å². The second-order valence-corrected chi connectivity index (χ2v) is 14.2. The minimum absolute atomic E-state index is 0.647. The first-order valence-corrected chi connectivity index (χ1v) is 17.6. The molecule has 0 aliphatic heterocycles. The van der Waals surface area contributed by atoms with Crippen LogP contribution in [0, 0.1) is 0 Å². The van der Waals surface area contributed by atoms with Gasteiger partial charge >= 0.3 is 0 Å². The van der Waals surface area contributed by atoms with E-state index in [2.05, 4.69) is 132 Å². The van der Waals surface area contributed by atoms with Crippen LogP contribution >= 0.6 is 22.7 Å². The molecule has 226 valence electrons. The average Bonchev–Trinajstić information content (AvgIpc) is 3.84. The Morgan fingerprint density at radius 2 is 1.00 bits per heavy atom. The summed E-state index contributed by atoms with van der Waals surface area (Å²) in [6.45, 7) is 0. The van der Waals surface area contributed by atoms with Gasteiger partial charge in [0.2, 0.25) is 5.89 Å². The van der Waals surface area contributed by atoms with Gasteiger partial charge in [0.1, 0.15) is 5.52 Å². The van der Waals surface area contributed by atoms with Crippen LogP contribution in [0.5, 0.6) is 0 Å². The lowest BCUT2D eigenvalue weighted by Gasteiger charge is -2.26. The molecule has 0 aliphatic carbocycles. The zero-order valence-electron chi connectivity index (χ0n) is 25.6. The summed E-state index contributed by atoms with van der Waals surface area (Å²) in [6.07, 6.45) is 0.